The zero-order valence-corrected chi connectivity index (χ0v) is 37.3. The molecule has 4 N–H and O–H groups in total. The summed E-state index contributed by atoms with van der Waals surface area (Å²) in [5, 5.41) is 16.3. The van der Waals surface area contributed by atoms with Crippen LogP contribution in [0, 0.1) is 0 Å². The summed E-state index contributed by atoms with van der Waals surface area (Å²) in [6.45, 7) is 4.97. The molecule has 5 aliphatic heterocycles. The second-order valence-electron chi connectivity index (χ2n) is 19.0. The van der Waals surface area contributed by atoms with Crippen LogP contribution in [0.2, 0.25) is 0 Å². The van der Waals surface area contributed by atoms with Gasteiger partial charge in [-0.3, -0.25) is 54.1 Å². The number of hydrogen-bond donors (Lipinski definition) is 4. The monoisotopic (exact) mass is 886 g/mol. The molecular formula is C52H54N8O6. The van der Waals surface area contributed by atoms with Crippen molar-refractivity contribution >= 4 is 79.7 Å². The quantitative estimate of drug-likeness (QED) is 0.111. The Labute approximate surface area is 383 Å². The Morgan fingerprint density at radius 3 is 1.89 bits per heavy atom. The van der Waals surface area contributed by atoms with Crippen LogP contribution in [-0.2, 0) is 25.7 Å². The molecule has 3 saturated heterocycles. The fourth-order valence-corrected chi connectivity index (χ4v) is 11.7. The van der Waals surface area contributed by atoms with Gasteiger partial charge in [-0.1, -0.05) is 61.4 Å². The Morgan fingerprint density at radius 2 is 1.26 bits per heavy atom. The number of rotatable bonds is 11. The predicted molar refractivity (Wildman–Crippen MR) is 254 cm³/mol. The van der Waals surface area contributed by atoms with Gasteiger partial charge < -0.3 is 15.5 Å². The number of likely N-dealkylation sites (N-methyl/N-ethyl adjacent to an activating group) is 1. The number of nitrogens with one attached hydrogen (secondary N) is 4. The smallest absolute Gasteiger partial charge is 0.259 e. The van der Waals surface area contributed by atoms with E-state index in [4.69, 9.17) is 0 Å². The number of hydrogen-bond acceptors (Lipinski definition) is 10. The number of anilines is 4. The van der Waals surface area contributed by atoms with E-state index >= 15 is 0 Å². The summed E-state index contributed by atoms with van der Waals surface area (Å²) in [7, 11) is 2.14. The lowest BCUT2D eigenvalue weighted by Crippen LogP contribution is -2.53. The maximum atomic E-state index is 13.7. The van der Waals surface area contributed by atoms with Crippen molar-refractivity contribution in [2.45, 2.75) is 108 Å². The van der Waals surface area contributed by atoms with Crippen molar-refractivity contribution < 1.29 is 28.8 Å². The second kappa shape index (κ2) is 16.7. The Hall–Kier alpha value is -6.64. The van der Waals surface area contributed by atoms with Crippen LogP contribution in [0.5, 0.6) is 0 Å². The van der Waals surface area contributed by atoms with Crippen LogP contribution in [0.1, 0.15) is 103 Å². The van der Waals surface area contributed by atoms with Crippen LogP contribution in [0.4, 0.5) is 22.7 Å². The van der Waals surface area contributed by atoms with Gasteiger partial charge in [0.25, 0.3) is 11.8 Å². The maximum Gasteiger partial charge on any atom is 0.259 e. The minimum atomic E-state index is -0.717. The highest BCUT2D eigenvalue weighted by atomic mass is 16.2. The molecule has 0 radical (unpaired) electrons. The van der Waals surface area contributed by atoms with Crippen LogP contribution >= 0.6 is 0 Å². The van der Waals surface area contributed by atoms with Crippen LogP contribution < -0.4 is 36.0 Å². The Kier molecular flexibility index (Phi) is 10.6. The number of imide groups is 2. The van der Waals surface area contributed by atoms with Crippen LogP contribution in [0.15, 0.2) is 84.9 Å². The summed E-state index contributed by atoms with van der Waals surface area (Å²) in [6, 6.07) is 28.0. The zero-order valence-electron chi connectivity index (χ0n) is 37.3. The van der Waals surface area contributed by atoms with E-state index in [-0.39, 0.29) is 60.6 Å². The van der Waals surface area contributed by atoms with E-state index in [1.807, 2.05) is 54.6 Å². The van der Waals surface area contributed by atoms with E-state index in [9.17, 15) is 28.8 Å². The van der Waals surface area contributed by atoms with Crippen molar-refractivity contribution in [1.29, 1.82) is 0 Å². The average molecular weight is 887 g/mol. The van der Waals surface area contributed by atoms with E-state index in [1.165, 1.54) is 11.1 Å². The molecule has 338 valence electrons. The molecule has 14 nitrogen and oxygen atoms in total. The lowest BCUT2D eigenvalue weighted by atomic mass is 9.88. The molecule has 6 aliphatic rings. The van der Waals surface area contributed by atoms with Crippen LogP contribution in [0.3, 0.4) is 0 Å². The summed E-state index contributed by atoms with van der Waals surface area (Å²) in [6.07, 6.45) is 6.39. The third kappa shape index (κ3) is 7.17. The number of piperidine rings is 2. The number of carbonyl (C=O) groups excluding carboxylic acids is 6. The van der Waals surface area contributed by atoms with E-state index in [2.05, 4.69) is 75.4 Å². The Balaban J connectivity index is 0.730. The number of nitrogens with zero attached hydrogens (tertiary/aromatic N) is 4. The van der Waals surface area contributed by atoms with Crippen molar-refractivity contribution in [2.24, 2.45) is 0 Å². The molecule has 4 unspecified atom stereocenters. The third-order valence-electron chi connectivity index (χ3n) is 15.1. The molecule has 0 spiro atoms. The SMILES string of the molecule is CC(N[C@H]1CCCC[C@@H]1Nc1ccc2c3c(cccc13)N(C1CCC(=O)NC1=O)C2=O)c1ccc(CN2CCC(N(C)c3ccc4c5c(cccc35)N(C3CCC(=O)NC3=O)C4=O)C2)cc1. The first-order valence-electron chi connectivity index (χ1n) is 23.5. The molecule has 14 heteroatoms. The van der Waals surface area contributed by atoms with Crippen molar-refractivity contribution in [1.82, 2.24) is 20.9 Å². The van der Waals surface area contributed by atoms with E-state index < -0.39 is 23.9 Å². The fraction of sp³-hybridized carbons (Fsp3) is 0.385. The standard InChI is InChI=1S/C52H54N8O6/c1-29(53-38-9-3-4-10-39(38)54-37-19-17-35-47-33(37)7-5-11-41(47)59(51(35)65)43-21-23-45(61)55-49(43)63)31-15-13-30(14-16-31)27-58-26-25-32(28-58)57(2)40-20-18-36-48-34(40)8-6-12-42(48)60(52(36)66)44-22-24-46(62)56-50(44)64/h5-8,11-20,29,32,38-39,43-44,53-54H,3-4,9-10,21-28H2,1-2H3,(H,55,61,63)(H,56,62,64)/t29?,32?,38-,39-,43?,44?/m0/s1. The maximum absolute atomic E-state index is 13.7. The highest BCUT2D eigenvalue weighted by Gasteiger charge is 2.43. The molecule has 5 heterocycles. The minimum Gasteiger partial charge on any atom is -0.380 e. The van der Waals surface area contributed by atoms with Crippen molar-refractivity contribution in [3.63, 3.8) is 0 Å². The van der Waals surface area contributed by atoms with Gasteiger partial charge in [-0.25, -0.2) is 0 Å². The number of amides is 6. The topological polar surface area (TPSA) is 163 Å². The molecule has 5 aromatic carbocycles. The highest BCUT2D eigenvalue weighted by molar-refractivity contribution is 6.29. The van der Waals surface area contributed by atoms with Gasteiger partial charge in [0.15, 0.2) is 0 Å². The molecule has 5 aromatic rings. The Morgan fingerprint density at radius 1 is 0.667 bits per heavy atom. The molecule has 0 bridgehead atoms. The molecule has 11 rings (SSSR count). The van der Waals surface area contributed by atoms with E-state index in [0.29, 0.717) is 29.7 Å². The van der Waals surface area contributed by atoms with Crippen molar-refractivity contribution in [3.05, 3.63) is 107 Å². The second-order valence-corrected chi connectivity index (χ2v) is 19.0. The first kappa shape index (κ1) is 42.0. The zero-order chi connectivity index (χ0) is 45.4. The fourth-order valence-electron chi connectivity index (χ4n) is 11.7. The lowest BCUT2D eigenvalue weighted by Gasteiger charge is -2.36. The molecule has 4 fully saturated rings. The van der Waals surface area contributed by atoms with Crippen molar-refractivity contribution in [2.75, 3.05) is 40.2 Å². The highest BCUT2D eigenvalue weighted by Crippen LogP contribution is 2.45. The summed E-state index contributed by atoms with van der Waals surface area (Å²) in [4.78, 5) is 84.9. The summed E-state index contributed by atoms with van der Waals surface area (Å²) in [5.74, 6) is -1.86. The van der Waals surface area contributed by atoms with Gasteiger partial charge in [0.1, 0.15) is 12.1 Å². The lowest BCUT2D eigenvalue weighted by molar-refractivity contribution is -0.135. The van der Waals surface area contributed by atoms with E-state index in [1.54, 1.807) is 9.80 Å². The normalized spacial score (nSPS) is 24.7. The number of benzene rings is 5. The molecule has 6 amide bonds. The van der Waals surface area contributed by atoms with Crippen molar-refractivity contribution in [3.8, 4) is 0 Å². The Bertz CT molecular complexity index is 2860. The first-order chi connectivity index (χ1) is 32.0. The van der Waals surface area contributed by atoms with Gasteiger partial charge in [-0.05, 0) is 86.6 Å². The predicted octanol–water partition coefficient (Wildman–Crippen LogP) is 6.31. The molecule has 1 aliphatic carbocycles. The first-order valence-corrected chi connectivity index (χ1v) is 23.5. The van der Waals surface area contributed by atoms with Gasteiger partial charge in [-0.2, -0.15) is 0 Å². The van der Waals surface area contributed by atoms with E-state index in [0.717, 1.165) is 90.3 Å². The minimum absolute atomic E-state index is 0.132. The molecule has 1 saturated carbocycles. The van der Waals surface area contributed by atoms with Gasteiger partial charge >= 0.3 is 0 Å². The molecule has 0 aromatic heterocycles. The summed E-state index contributed by atoms with van der Waals surface area (Å²) < 4.78 is 0. The largest absolute Gasteiger partial charge is 0.380 e. The average Bonchev–Trinajstić information content (AvgIpc) is 3.98. The van der Waals surface area contributed by atoms with Crippen LogP contribution in [-0.4, -0.2) is 90.7 Å². The molecular weight excluding hydrogens is 833 g/mol. The van der Waals surface area contributed by atoms with Gasteiger partial charge in [0.05, 0.1) is 22.5 Å². The van der Waals surface area contributed by atoms with Gasteiger partial charge in [0.2, 0.25) is 23.6 Å². The van der Waals surface area contributed by atoms with Gasteiger partial charge in [-0.15, -0.1) is 0 Å². The summed E-state index contributed by atoms with van der Waals surface area (Å²) >= 11 is 0. The summed E-state index contributed by atoms with van der Waals surface area (Å²) in [5.41, 5.74) is 7.15. The number of likely N-dealkylation sites (tertiary alicyclic amines) is 1. The molecule has 66 heavy (non-hydrogen) atoms. The van der Waals surface area contributed by atoms with Gasteiger partial charge in [0, 0.05) is 96.6 Å². The number of carbonyl (C=O) groups is 6. The third-order valence-corrected chi connectivity index (χ3v) is 15.1. The molecule has 6 atom stereocenters. The van der Waals surface area contributed by atoms with Crippen LogP contribution in [0.25, 0.3) is 21.5 Å².